The molecule has 0 saturated carbocycles. The topological polar surface area (TPSA) is 84.6 Å². The van der Waals surface area contributed by atoms with Crippen LogP contribution in [-0.4, -0.2) is 21.5 Å². The monoisotopic (exact) mass is 192 g/mol. The Morgan fingerprint density at radius 1 is 1.43 bits per heavy atom. The van der Waals surface area contributed by atoms with Crippen LogP contribution in [0.5, 0.6) is 0 Å². The summed E-state index contributed by atoms with van der Waals surface area (Å²) >= 11 is 0. The minimum atomic E-state index is -1.41. The van der Waals surface area contributed by atoms with Crippen molar-refractivity contribution in [3.63, 3.8) is 0 Å². The van der Waals surface area contributed by atoms with Gasteiger partial charge in [-0.05, 0) is 17.7 Å². The lowest BCUT2D eigenvalue weighted by Crippen LogP contribution is -2.24. The number of nitriles is 1. The third-order valence-electron chi connectivity index (χ3n) is 1.64. The Morgan fingerprint density at radius 2 is 2.00 bits per heavy atom. The van der Waals surface area contributed by atoms with Crippen LogP contribution in [0.4, 0.5) is 4.79 Å². The molecule has 0 radical (unpaired) electrons. The molecule has 0 saturated heterocycles. The quantitative estimate of drug-likeness (QED) is 0.548. The Morgan fingerprint density at radius 3 is 2.43 bits per heavy atom. The first-order valence-electron chi connectivity index (χ1n) is 3.82. The molecule has 5 nitrogen and oxygen atoms in total. The number of carbonyl (C=O) groups is 1. The second kappa shape index (κ2) is 4.25. The lowest BCUT2D eigenvalue weighted by atomic mass is 10.1. The zero-order valence-corrected chi connectivity index (χ0v) is 7.21. The first-order chi connectivity index (χ1) is 6.63. The molecule has 1 rings (SSSR count). The van der Waals surface area contributed by atoms with Crippen molar-refractivity contribution in [1.82, 2.24) is 5.06 Å². The molecule has 1 aromatic rings. The molecule has 0 aliphatic carbocycles. The van der Waals surface area contributed by atoms with E-state index in [1.807, 2.05) is 6.07 Å². The van der Waals surface area contributed by atoms with Gasteiger partial charge in [-0.25, -0.2) is 4.79 Å². The summed E-state index contributed by atoms with van der Waals surface area (Å²) in [5.41, 5.74) is 1.11. The highest BCUT2D eigenvalue weighted by molar-refractivity contribution is 5.63. The highest BCUT2D eigenvalue weighted by Gasteiger charge is 2.07. The molecule has 14 heavy (non-hydrogen) atoms. The van der Waals surface area contributed by atoms with Gasteiger partial charge in [0.1, 0.15) is 0 Å². The van der Waals surface area contributed by atoms with Crippen LogP contribution in [0.25, 0.3) is 0 Å². The van der Waals surface area contributed by atoms with Crippen LogP contribution in [-0.2, 0) is 6.54 Å². The van der Waals surface area contributed by atoms with E-state index >= 15 is 0 Å². The molecule has 0 aliphatic rings. The molecule has 0 unspecified atom stereocenters. The van der Waals surface area contributed by atoms with E-state index in [2.05, 4.69) is 0 Å². The second-order valence-corrected chi connectivity index (χ2v) is 2.65. The van der Waals surface area contributed by atoms with Crippen LogP contribution >= 0.6 is 0 Å². The number of rotatable bonds is 2. The van der Waals surface area contributed by atoms with Crippen molar-refractivity contribution in [2.45, 2.75) is 6.54 Å². The van der Waals surface area contributed by atoms with Gasteiger partial charge in [0.25, 0.3) is 0 Å². The van der Waals surface area contributed by atoms with Crippen molar-refractivity contribution in [2.24, 2.45) is 0 Å². The van der Waals surface area contributed by atoms with Gasteiger partial charge in [0.2, 0.25) is 0 Å². The summed E-state index contributed by atoms with van der Waals surface area (Å²) in [6, 6.07) is 8.23. The fourth-order valence-corrected chi connectivity index (χ4v) is 0.925. The molecule has 5 heteroatoms. The molecular formula is C9H8N2O3. The Labute approximate surface area is 80.4 Å². The maximum atomic E-state index is 10.3. The normalized spacial score (nSPS) is 9.14. The molecule has 0 aliphatic heterocycles. The van der Waals surface area contributed by atoms with E-state index < -0.39 is 6.09 Å². The summed E-state index contributed by atoms with van der Waals surface area (Å²) in [7, 11) is 0. The van der Waals surface area contributed by atoms with Gasteiger partial charge in [-0.2, -0.15) is 10.3 Å². The minimum absolute atomic E-state index is 0.110. The van der Waals surface area contributed by atoms with Crippen molar-refractivity contribution >= 4 is 6.09 Å². The molecule has 1 aromatic carbocycles. The summed E-state index contributed by atoms with van der Waals surface area (Å²) in [5, 5.41) is 25.9. The number of hydrogen-bond donors (Lipinski definition) is 2. The van der Waals surface area contributed by atoms with Gasteiger partial charge in [-0.1, -0.05) is 12.1 Å². The number of carboxylic acid groups (broad SMARTS) is 1. The van der Waals surface area contributed by atoms with E-state index in [0.717, 1.165) is 0 Å². The van der Waals surface area contributed by atoms with E-state index in [1.54, 1.807) is 24.3 Å². The van der Waals surface area contributed by atoms with Crippen molar-refractivity contribution in [3.8, 4) is 6.07 Å². The van der Waals surface area contributed by atoms with E-state index in [4.69, 9.17) is 15.6 Å². The highest BCUT2D eigenvalue weighted by atomic mass is 16.6. The van der Waals surface area contributed by atoms with E-state index in [1.165, 1.54) is 0 Å². The fraction of sp³-hybridized carbons (Fsp3) is 0.111. The van der Waals surface area contributed by atoms with Gasteiger partial charge in [-0.15, -0.1) is 0 Å². The van der Waals surface area contributed by atoms with E-state index in [9.17, 15) is 4.79 Å². The van der Waals surface area contributed by atoms with Gasteiger partial charge in [-0.3, -0.25) is 5.21 Å². The third kappa shape index (κ3) is 2.47. The molecule has 1 amide bonds. The standard InChI is InChI=1S/C9H8N2O3/c10-5-7-1-3-8(4-2-7)6-11(14)9(12)13/h1-4,14H,6H2,(H,12,13). The van der Waals surface area contributed by atoms with Crippen molar-refractivity contribution in [1.29, 1.82) is 5.26 Å². The summed E-state index contributed by atoms with van der Waals surface area (Å²) in [4.78, 5) is 10.3. The average Bonchev–Trinajstić information content (AvgIpc) is 2.19. The lowest BCUT2D eigenvalue weighted by molar-refractivity contribution is -0.0709. The molecule has 0 fully saturated rings. The van der Waals surface area contributed by atoms with Crippen LogP contribution in [0.3, 0.4) is 0 Å². The fourth-order valence-electron chi connectivity index (χ4n) is 0.925. The molecule has 0 heterocycles. The zero-order chi connectivity index (χ0) is 10.6. The van der Waals surface area contributed by atoms with Crippen LogP contribution in [0.1, 0.15) is 11.1 Å². The van der Waals surface area contributed by atoms with Crippen LogP contribution < -0.4 is 0 Å². The Hall–Kier alpha value is -2.06. The second-order valence-electron chi connectivity index (χ2n) is 2.65. The molecule has 72 valence electrons. The average molecular weight is 192 g/mol. The number of amides is 1. The first-order valence-corrected chi connectivity index (χ1v) is 3.82. The van der Waals surface area contributed by atoms with Crippen molar-refractivity contribution in [2.75, 3.05) is 0 Å². The predicted molar refractivity (Wildman–Crippen MR) is 46.5 cm³/mol. The molecular weight excluding hydrogens is 184 g/mol. The smallest absolute Gasteiger partial charge is 0.431 e. The highest BCUT2D eigenvalue weighted by Crippen LogP contribution is 2.05. The Kier molecular flexibility index (Phi) is 3.05. The molecule has 2 N–H and O–H groups in total. The van der Waals surface area contributed by atoms with Crippen molar-refractivity contribution < 1.29 is 15.1 Å². The van der Waals surface area contributed by atoms with E-state index in [-0.39, 0.29) is 11.6 Å². The minimum Gasteiger partial charge on any atom is -0.463 e. The maximum Gasteiger partial charge on any atom is 0.431 e. The molecule has 0 aromatic heterocycles. The zero-order valence-electron chi connectivity index (χ0n) is 7.21. The van der Waals surface area contributed by atoms with Crippen LogP contribution in [0, 0.1) is 11.3 Å². The van der Waals surface area contributed by atoms with E-state index in [0.29, 0.717) is 11.1 Å². The van der Waals surface area contributed by atoms with Gasteiger partial charge in [0.05, 0.1) is 18.2 Å². The maximum absolute atomic E-state index is 10.3. The predicted octanol–water partition coefficient (Wildman–Crippen LogP) is 1.43. The summed E-state index contributed by atoms with van der Waals surface area (Å²) in [5.74, 6) is 0. The van der Waals surface area contributed by atoms with Gasteiger partial charge in [0, 0.05) is 0 Å². The van der Waals surface area contributed by atoms with Crippen LogP contribution in [0.2, 0.25) is 0 Å². The first kappa shape index (κ1) is 10.0. The van der Waals surface area contributed by atoms with Crippen molar-refractivity contribution in [3.05, 3.63) is 35.4 Å². The Bertz CT molecular complexity index is 367. The van der Waals surface area contributed by atoms with Gasteiger partial charge < -0.3 is 5.11 Å². The number of hydrogen-bond acceptors (Lipinski definition) is 3. The number of benzene rings is 1. The molecule has 0 atom stereocenters. The Balaban J connectivity index is 2.70. The number of hydroxylamine groups is 2. The molecule has 0 spiro atoms. The third-order valence-corrected chi connectivity index (χ3v) is 1.64. The molecule has 0 bridgehead atoms. The summed E-state index contributed by atoms with van der Waals surface area (Å²) in [6.07, 6.45) is -1.41. The lowest BCUT2D eigenvalue weighted by Gasteiger charge is -2.09. The van der Waals surface area contributed by atoms with Gasteiger partial charge >= 0.3 is 6.09 Å². The van der Waals surface area contributed by atoms with Gasteiger partial charge in [0.15, 0.2) is 0 Å². The summed E-state index contributed by atoms with van der Waals surface area (Å²) < 4.78 is 0. The summed E-state index contributed by atoms with van der Waals surface area (Å²) in [6.45, 7) is -0.110. The van der Waals surface area contributed by atoms with Crippen LogP contribution in [0.15, 0.2) is 24.3 Å². The number of nitrogens with zero attached hydrogens (tertiary/aromatic N) is 2. The largest absolute Gasteiger partial charge is 0.463 e. The SMILES string of the molecule is N#Cc1ccc(CN(O)C(=O)O)cc1.